The first-order valence-electron chi connectivity index (χ1n) is 9.14. The Balaban J connectivity index is 1.79. The van der Waals surface area contributed by atoms with Crippen LogP contribution in [0.3, 0.4) is 0 Å². The van der Waals surface area contributed by atoms with Gasteiger partial charge < -0.3 is 18.8 Å². The topological polar surface area (TPSA) is 79.7 Å². The number of benzene rings is 2. The average Bonchev–Trinajstić information content (AvgIpc) is 2.73. The van der Waals surface area contributed by atoms with Gasteiger partial charge in [-0.15, -0.1) is 0 Å². The normalized spacial score (nSPS) is 11.0. The van der Waals surface area contributed by atoms with Crippen LogP contribution in [0, 0.1) is 6.92 Å². The Hall–Kier alpha value is -3.49. The Morgan fingerprint density at radius 1 is 1.17 bits per heavy atom. The average molecular weight is 418 g/mol. The van der Waals surface area contributed by atoms with Crippen LogP contribution in [0.5, 0.6) is 11.5 Å². The van der Waals surface area contributed by atoms with Crippen molar-refractivity contribution >= 4 is 17.0 Å². The molecule has 0 aliphatic heterocycles. The maximum Gasteiger partial charge on any atom is 0.387 e. The molecule has 0 aliphatic rings. The standard InChI is InChI=1S/C21H20F2N2O5/c1-4-25-16-7-6-14(10-15(16)24-12(2)19(25)26)20(27)29-11-13-5-8-17(30-21(22)23)18(9-13)28-3/h5-10,21H,4,11H2,1-3H3. The number of hydrogen-bond acceptors (Lipinski definition) is 6. The lowest BCUT2D eigenvalue weighted by molar-refractivity contribution is -0.0512. The van der Waals surface area contributed by atoms with E-state index in [4.69, 9.17) is 9.47 Å². The van der Waals surface area contributed by atoms with Crippen molar-refractivity contribution in [1.29, 1.82) is 0 Å². The summed E-state index contributed by atoms with van der Waals surface area (Å²) in [4.78, 5) is 28.9. The molecule has 0 spiro atoms. The van der Waals surface area contributed by atoms with Crippen LogP contribution in [0.2, 0.25) is 0 Å². The van der Waals surface area contributed by atoms with E-state index in [9.17, 15) is 18.4 Å². The maximum atomic E-state index is 12.5. The second kappa shape index (κ2) is 8.89. The number of carbonyl (C=O) groups is 1. The molecule has 0 bridgehead atoms. The minimum Gasteiger partial charge on any atom is -0.493 e. The summed E-state index contributed by atoms with van der Waals surface area (Å²) in [7, 11) is 1.32. The molecule has 3 aromatic rings. The van der Waals surface area contributed by atoms with Crippen molar-refractivity contribution in [3.63, 3.8) is 0 Å². The molecular weight excluding hydrogens is 398 g/mol. The molecule has 0 amide bonds. The molecule has 0 atom stereocenters. The van der Waals surface area contributed by atoms with Gasteiger partial charge in [0, 0.05) is 6.54 Å². The number of halogens is 2. The van der Waals surface area contributed by atoms with E-state index >= 15 is 0 Å². The summed E-state index contributed by atoms with van der Waals surface area (Å²) in [6.45, 7) is 0.887. The van der Waals surface area contributed by atoms with E-state index < -0.39 is 12.6 Å². The van der Waals surface area contributed by atoms with Gasteiger partial charge >= 0.3 is 12.6 Å². The monoisotopic (exact) mass is 418 g/mol. The third-order valence-electron chi connectivity index (χ3n) is 4.47. The van der Waals surface area contributed by atoms with E-state index in [1.807, 2.05) is 6.92 Å². The first-order chi connectivity index (χ1) is 14.3. The highest BCUT2D eigenvalue weighted by atomic mass is 19.3. The number of esters is 1. The first-order valence-corrected chi connectivity index (χ1v) is 9.14. The highest BCUT2D eigenvalue weighted by Gasteiger charge is 2.14. The quantitative estimate of drug-likeness (QED) is 0.545. The van der Waals surface area contributed by atoms with Crippen LogP contribution < -0.4 is 15.0 Å². The zero-order chi connectivity index (χ0) is 21.8. The summed E-state index contributed by atoms with van der Waals surface area (Å²) >= 11 is 0. The fourth-order valence-corrected chi connectivity index (χ4v) is 3.04. The molecule has 3 rings (SSSR count). The lowest BCUT2D eigenvalue weighted by atomic mass is 10.1. The molecule has 0 saturated carbocycles. The summed E-state index contributed by atoms with van der Waals surface area (Å²) in [6, 6.07) is 9.06. The van der Waals surface area contributed by atoms with E-state index in [0.717, 1.165) is 0 Å². The summed E-state index contributed by atoms with van der Waals surface area (Å²) in [5, 5.41) is 0. The van der Waals surface area contributed by atoms with Crippen molar-refractivity contribution in [2.75, 3.05) is 7.11 Å². The summed E-state index contributed by atoms with van der Waals surface area (Å²) in [5.74, 6) is -0.593. The summed E-state index contributed by atoms with van der Waals surface area (Å²) in [5.41, 5.74) is 2.13. The Labute approximate surface area is 170 Å². The van der Waals surface area contributed by atoms with E-state index in [2.05, 4.69) is 9.72 Å². The minimum atomic E-state index is -2.98. The summed E-state index contributed by atoms with van der Waals surface area (Å²) < 4.78 is 41.1. The number of fused-ring (bicyclic) bond motifs is 1. The van der Waals surface area contributed by atoms with Gasteiger partial charge in [-0.1, -0.05) is 6.07 Å². The van der Waals surface area contributed by atoms with Crippen molar-refractivity contribution in [2.24, 2.45) is 0 Å². The molecule has 9 heteroatoms. The van der Waals surface area contributed by atoms with Gasteiger partial charge in [0.05, 0.1) is 23.7 Å². The van der Waals surface area contributed by atoms with Crippen LogP contribution in [0.25, 0.3) is 11.0 Å². The lowest BCUT2D eigenvalue weighted by Gasteiger charge is -2.12. The zero-order valence-corrected chi connectivity index (χ0v) is 16.6. The molecule has 0 radical (unpaired) electrons. The minimum absolute atomic E-state index is 0.0941. The molecule has 0 fully saturated rings. The third kappa shape index (κ3) is 4.40. The van der Waals surface area contributed by atoms with Crippen LogP contribution in [0.4, 0.5) is 8.78 Å². The fraction of sp³-hybridized carbons (Fsp3) is 0.286. The van der Waals surface area contributed by atoms with Gasteiger partial charge in [0.1, 0.15) is 12.3 Å². The van der Waals surface area contributed by atoms with E-state index in [0.29, 0.717) is 28.8 Å². The van der Waals surface area contributed by atoms with Gasteiger partial charge in [0.2, 0.25) is 0 Å². The van der Waals surface area contributed by atoms with Gasteiger partial charge in [-0.05, 0) is 49.7 Å². The van der Waals surface area contributed by atoms with Crippen LogP contribution in [-0.2, 0) is 17.9 Å². The molecule has 30 heavy (non-hydrogen) atoms. The molecule has 1 aromatic heterocycles. The number of ether oxygens (including phenoxy) is 3. The fourth-order valence-electron chi connectivity index (χ4n) is 3.04. The van der Waals surface area contributed by atoms with Crippen LogP contribution in [0.15, 0.2) is 41.2 Å². The van der Waals surface area contributed by atoms with Crippen molar-refractivity contribution < 1.29 is 27.8 Å². The number of rotatable bonds is 7. The van der Waals surface area contributed by atoms with E-state index in [1.54, 1.807) is 29.7 Å². The number of nitrogens with zero attached hydrogens (tertiary/aromatic N) is 2. The summed E-state index contributed by atoms with van der Waals surface area (Å²) in [6.07, 6.45) is 0. The molecule has 0 unspecified atom stereocenters. The molecule has 0 N–H and O–H groups in total. The first kappa shape index (κ1) is 21.2. The molecule has 0 aliphatic carbocycles. The molecule has 0 saturated heterocycles. The molecule has 158 valence electrons. The molecular formula is C21H20F2N2O5. The van der Waals surface area contributed by atoms with Crippen molar-refractivity contribution in [1.82, 2.24) is 9.55 Å². The molecule has 7 nitrogen and oxygen atoms in total. The third-order valence-corrected chi connectivity index (χ3v) is 4.47. The molecule has 1 heterocycles. The molecule has 2 aromatic carbocycles. The largest absolute Gasteiger partial charge is 0.493 e. The van der Waals surface area contributed by atoms with E-state index in [-0.39, 0.29) is 29.2 Å². The maximum absolute atomic E-state index is 12.5. The number of carbonyl (C=O) groups excluding carboxylic acids is 1. The van der Waals surface area contributed by atoms with Crippen LogP contribution in [0.1, 0.15) is 28.5 Å². The predicted octanol–water partition coefficient (Wildman–Crippen LogP) is 3.69. The Morgan fingerprint density at radius 2 is 1.93 bits per heavy atom. The van der Waals surface area contributed by atoms with Crippen molar-refractivity contribution in [3.8, 4) is 11.5 Å². The van der Waals surface area contributed by atoms with Gasteiger partial charge in [-0.25, -0.2) is 9.78 Å². The zero-order valence-electron chi connectivity index (χ0n) is 16.6. The van der Waals surface area contributed by atoms with E-state index in [1.165, 1.54) is 25.3 Å². The SMILES string of the molecule is CCn1c(=O)c(C)nc2cc(C(=O)OCc3ccc(OC(F)F)c(OC)c3)ccc21. The van der Waals surface area contributed by atoms with Crippen molar-refractivity contribution in [3.05, 3.63) is 63.6 Å². The van der Waals surface area contributed by atoms with Gasteiger partial charge in [0.25, 0.3) is 5.56 Å². The Morgan fingerprint density at radius 3 is 2.60 bits per heavy atom. The number of alkyl halides is 2. The Bertz CT molecular complexity index is 1140. The van der Waals surface area contributed by atoms with Gasteiger partial charge in [-0.3, -0.25) is 4.79 Å². The Kier molecular flexibility index (Phi) is 6.29. The predicted molar refractivity (Wildman–Crippen MR) is 105 cm³/mol. The highest BCUT2D eigenvalue weighted by molar-refractivity contribution is 5.93. The van der Waals surface area contributed by atoms with Crippen LogP contribution in [-0.4, -0.2) is 29.2 Å². The second-order valence-corrected chi connectivity index (χ2v) is 6.39. The second-order valence-electron chi connectivity index (χ2n) is 6.39. The smallest absolute Gasteiger partial charge is 0.387 e. The number of aryl methyl sites for hydroxylation is 2. The van der Waals surface area contributed by atoms with Gasteiger partial charge in [-0.2, -0.15) is 8.78 Å². The van der Waals surface area contributed by atoms with Crippen LogP contribution >= 0.6 is 0 Å². The number of aromatic nitrogens is 2. The lowest BCUT2D eigenvalue weighted by Crippen LogP contribution is -2.23. The number of hydrogen-bond donors (Lipinski definition) is 0. The van der Waals surface area contributed by atoms with Crippen molar-refractivity contribution in [2.45, 2.75) is 33.6 Å². The number of methoxy groups -OCH3 is 1. The van der Waals surface area contributed by atoms with Gasteiger partial charge in [0.15, 0.2) is 11.5 Å². The highest BCUT2D eigenvalue weighted by Crippen LogP contribution is 2.29.